The second-order valence-corrected chi connectivity index (χ2v) is 7.42. The standard InChI is InChI=1S/C26H19FO4/c1-16-19(12-17-6-3-5-9-23(17)30-16)13-25-26(28)21-11-10-20(14-24(21)31-25)29-15-18-7-2-4-8-22(18)27/h2-14,16H,15H2,1H3/b25-13-/t16-/m1/s1. The first-order valence-corrected chi connectivity index (χ1v) is 10.0. The molecule has 4 nitrogen and oxygen atoms in total. The molecule has 3 aromatic carbocycles. The van der Waals surface area contributed by atoms with E-state index in [4.69, 9.17) is 14.2 Å². The van der Waals surface area contributed by atoms with Gasteiger partial charge in [-0.3, -0.25) is 4.79 Å². The predicted molar refractivity (Wildman–Crippen MR) is 115 cm³/mol. The van der Waals surface area contributed by atoms with E-state index >= 15 is 0 Å². The minimum absolute atomic E-state index is 0.0866. The molecule has 154 valence electrons. The lowest BCUT2D eigenvalue weighted by atomic mass is 10.0. The highest BCUT2D eigenvalue weighted by atomic mass is 19.1. The maximum atomic E-state index is 13.8. The van der Waals surface area contributed by atoms with E-state index in [1.54, 1.807) is 42.5 Å². The first-order valence-electron chi connectivity index (χ1n) is 10.0. The zero-order valence-corrected chi connectivity index (χ0v) is 16.8. The average molecular weight is 414 g/mol. The van der Waals surface area contributed by atoms with Gasteiger partial charge in [-0.05, 0) is 48.9 Å². The number of hydrogen-bond acceptors (Lipinski definition) is 4. The molecule has 2 aliphatic heterocycles. The number of rotatable bonds is 4. The third-order valence-corrected chi connectivity index (χ3v) is 5.31. The van der Waals surface area contributed by atoms with Crippen LogP contribution < -0.4 is 14.2 Å². The molecule has 2 heterocycles. The third kappa shape index (κ3) is 3.70. The lowest BCUT2D eigenvalue weighted by molar-refractivity contribution is 0.101. The summed E-state index contributed by atoms with van der Waals surface area (Å²) in [7, 11) is 0. The Labute approximate surface area is 179 Å². The fourth-order valence-electron chi connectivity index (χ4n) is 3.61. The smallest absolute Gasteiger partial charge is 0.231 e. The van der Waals surface area contributed by atoms with Gasteiger partial charge in [0.1, 0.15) is 35.8 Å². The number of allylic oxidation sites excluding steroid dienone is 1. The Hall–Kier alpha value is -3.86. The van der Waals surface area contributed by atoms with Crippen LogP contribution in [0.3, 0.4) is 0 Å². The van der Waals surface area contributed by atoms with Crippen molar-refractivity contribution in [2.24, 2.45) is 0 Å². The molecule has 2 aliphatic rings. The van der Waals surface area contributed by atoms with E-state index < -0.39 is 0 Å². The van der Waals surface area contributed by atoms with Crippen molar-refractivity contribution < 1.29 is 23.4 Å². The summed E-state index contributed by atoms with van der Waals surface area (Å²) in [4.78, 5) is 12.8. The number of carbonyl (C=O) groups excluding carboxylic acids is 1. The number of Topliss-reactive ketones (excluding diaryl/α,β-unsaturated/α-hetero) is 1. The molecular weight excluding hydrogens is 395 g/mol. The van der Waals surface area contributed by atoms with Crippen LogP contribution in [0, 0.1) is 5.82 Å². The minimum atomic E-state index is -0.320. The van der Waals surface area contributed by atoms with Crippen LogP contribution in [-0.2, 0) is 6.61 Å². The van der Waals surface area contributed by atoms with Gasteiger partial charge in [0.05, 0.1) is 5.56 Å². The summed E-state index contributed by atoms with van der Waals surface area (Å²) in [6.07, 6.45) is 3.52. The van der Waals surface area contributed by atoms with Gasteiger partial charge in [0.2, 0.25) is 5.78 Å². The molecule has 0 aromatic heterocycles. The van der Waals surface area contributed by atoms with Crippen molar-refractivity contribution in [3.05, 3.63) is 107 Å². The summed E-state index contributed by atoms with van der Waals surface area (Å²) in [6, 6.07) is 19.2. The van der Waals surface area contributed by atoms with E-state index in [-0.39, 0.29) is 30.1 Å². The zero-order valence-electron chi connectivity index (χ0n) is 16.8. The molecule has 0 saturated carbocycles. The molecule has 0 fully saturated rings. The summed E-state index contributed by atoms with van der Waals surface area (Å²) >= 11 is 0. The Balaban J connectivity index is 1.36. The quantitative estimate of drug-likeness (QED) is 0.512. The van der Waals surface area contributed by atoms with Crippen molar-refractivity contribution in [3.8, 4) is 17.2 Å². The van der Waals surface area contributed by atoms with Gasteiger partial charge in [-0.2, -0.15) is 0 Å². The number of ether oxygens (including phenoxy) is 3. The van der Waals surface area contributed by atoms with Gasteiger partial charge in [0.15, 0.2) is 5.76 Å². The fourth-order valence-corrected chi connectivity index (χ4v) is 3.61. The second-order valence-electron chi connectivity index (χ2n) is 7.42. The third-order valence-electron chi connectivity index (χ3n) is 5.31. The minimum Gasteiger partial charge on any atom is -0.489 e. The maximum absolute atomic E-state index is 13.8. The van der Waals surface area contributed by atoms with Gasteiger partial charge in [0.25, 0.3) is 0 Å². The highest BCUT2D eigenvalue weighted by Crippen LogP contribution is 2.36. The molecule has 0 radical (unpaired) electrons. The molecule has 0 saturated heterocycles. The highest BCUT2D eigenvalue weighted by Gasteiger charge is 2.29. The van der Waals surface area contributed by atoms with Crippen molar-refractivity contribution >= 4 is 11.9 Å². The largest absolute Gasteiger partial charge is 0.489 e. The number of para-hydroxylation sites is 1. The van der Waals surface area contributed by atoms with Crippen molar-refractivity contribution in [1.29, 1.82) is 0 Å². The molecule has 0 N–H and O–H groups in total. The van der Waals surface area contributed by atoms with E-state index in [2.05, 4.69) is 0 Å². The van der Waals surface area contributed by atoms with Crippen molar-refractivity contribution in [3.63, 3.8) is 0 Å². The van der Waals surface area contributed by atoms with Gasteiger partial charge >= 0.3 is 0 Å². The summed E-state index contributed by atoms with van der Waals surface area (Å²) in [5, 5.41) is 0. The SMILES string of the molecule is C[C@H]1Oc2ccccc2C=C1/C=C1\Oc2cc(OCc3ccccc3F)ccc2C1=O. The van der Waals surface area contributed by atoms with Crippen LogP contribution in [0.4, 0.5) is 4.39 Å². The second kappa shape index (κ2) is 7.76. The number of benzene rings is 3. The summed E-state index contributed by atoms with van der Waals surface area (Å²) in [5.41, 5.74) is 2.74. The van der Waals surface area contributed by atoms with Crippen LogP contribution in [0.15, 0.2) is 84.1 Å². The first-order chi connectivity index (χ1) is 15.1. The van der Waals surface area contributed by atoms with Gasteiger partial charge < -0.3 is 14.2 Å². The number of ketones is 1. The molecule has 31 heavy (non-hydrogen) atoms. The van der Waals surface area contributed by atoms with Gasteiger partial charge in [-0.1, -0.05) is 36.4 Å². The Morgan fingerprint density at radius 2 is 1.84 bits per heavy atom. The van der Waals surface area contributed by atoms with Gasteiger partial charge in [0, 0.05) is 17.2 Å². The Bertz CT molecular complexity index is 1240. The number of halogens is 1. The molecule has 5 heteroatoms. The number of hydrogen-bond donors (Lipinski definition) is 0. The van der Waals surface area contributed by atoms with Crippen LogP contribution in [0.25, 0.3) is 6.08 Å². The molecule has 0 spiro atoms. The lowest BCUT2D eigenvalue weighted by Gasteiger charge is -2.22. The van der Waals surface area contributed by atoms with E-state index in [1.807, 2.05) is 37.3 Å². The molecule has 5 rings (SSSR count). The predicted octanol–water partition coefficient (Wildman–Crippen LogP) is 5.73. The molecule has 0 aliphatic carbocycles. The van der Waals surface area contributed by atoms with E-state index in [0.717, 1.165) is 16.9 Å². The molecular formula is C26H19FO4. The average Bonchev–Trinajstić information content (AvgIpc) is 3.08. The van der Waals surface area contributed by atoms with Crippen molar-refractivity contribution in [2.45, 2.75) is 19.6 Å². The normalized spacial score (nSPS) is 18.0. The highest BCUT2D eigenvalue weighted by molar-refractivity contribution is 6.12. The van der Waals surface area contributed by atoms with E-state index in [1.165, 1.54) is 6.07 Å². The van der Waals surface area contributed by atoms with E-state index in [9.17, 15) is 9.18 Å². The molecule has 3 aromatic rings. The Morgan fingerprint density at radius 3 is 2.71 bits per heavy atom. The summed E-state index contributed by atoms with van der Waals surface area (Å²) in [5.74, 6) is 1.46. The van der Waals surface area contributed by atoms with Crippen LogP contribution >= 0.6 is 0 Å². The lowest BCUT2D eigenvalue weighted by Crippen LogP contribution is -2.18. The van der Waals surface area contributed by atoms with Crippen LogP contribution in [0.1, 0.15) is 28.4 Å². The van der Waals surface area contributed by atoms with Crippen LogP contribution in [0.5, 0.6) is 17.2 Å². The van der Waals surface area contributed by atoms with Gasteiger partial charge in [-0.15, -0.1) is 0 Å². The molecule has 0 amide bonds. The van der Waals surface area contributed by atoms with Crippen LogP contribution in [-0.4, -0.2) is 11.9 Å². The number of fused-ring (bicyclic) bond motifs is 2. The van der Waals surface area contributed by atoms with Gasteiger partial charge in [-0.25, -0.2) is 4.39 Å². The number of carbonyl (C=O) groups is 1. The summed E-state index contributed by atoms with van der Waals surface area (Å²) < 4.78 is 31.3. The maximum Gasteiger partial charge on any atom is 0.231 e. The topological polar surface area (TPSA) is 44.8 Å². The zero-order chi connectivity index (χ0) is 21.4. The fraction of sp³-hybridized carbons (Fsp3) is 0.115. The Morgan fingerprint density at radius 1 is 1.03 bits per heavy atom. The van der Waals surface area contributed by atoms with Crippen LogP contribution in [0.2, 0.25) is 0 Å². The van der Waals surface area contributed by atoms with Crippen molar-refractivity contribution in [2.75, 3.05) is 0 Å². The molecule has 1 atom stereocenters. The molecule has 0 unspecified atom stereocenters. The van der Waals surface area contributed by atoms with Crippen molar-refractivity contribution in [1.82, 2.24) is 0 Å². The Kier molecular flexibility index (Phi) is 4.79. The van der Waals surface area contributed by atoms with E-state index in [0.29, 0.717) is 22.6 Å². The monoisotopic (exact) mass is 414 g/mol. The molecule has 0 bridgehead atoms. The summed E-state index contributed by atoms with van der Waals surface area (Å²) in [6.45, 7) is 2.02. The first kappa shape index (κ1) is 19.1.